The molecule has 0 unspecified atom stereocenters. The number of alkyl halides is 1. The van der Waals surface area contributed by atoms with E-state index < -0.39 is 6.17 Å². The normalized spacial score (nSPS) is 39.0. The fourth-order valence-corrected chi connectivity index (χ4v) is 1.07. The largest absolute Gasteiger partial charge is 0.325 e. The van der Waals surface area contributed by atoms with Crippen molar-refractivity contribution in [2.24, 2.45) is 5.73 Å². The van der Waals surface area contributed by atoms with Gasteiger partial charge in [0.05, 0.1) is 0 Å². The van der Waals surface area contributed by atoms with Gasteiger partial charge in [-0.25, -0.2) is 4.39 Å². The van der Waals surface area contributed by atoms with E-state index in [0.717, 1.165) is 13.0 Å². The van der Waals surface area contributed by atoms with Crippen molar-refractivity contribution in [3.63, 3.8) is 0 Å². The van der Waals surface area contributed by atoms with Crippen LogP contribution in [0.5, 0.6) is 0 Å². The molecule has 1 aliphatic rings. The van der Waals surface area contributed by atoms with Gasteiger partial charge in [0.2, 0.25) is 0 Å². The van der Waals surface area contributed by atoms with Crippen LogP contribution in [0.4, 0.5) is 4.39 Å². The summed E-state index contributed by atoms with van der Waals surface area (Å²) in [6, 6.07) is -0.221. The number of hydrogen-bond donors (Lipinski definition) is 1. The van der Waals surface area contributed by atoms with Crippen molar-refractivity contribution in [1.29, 1.82) is 0 Å². The highest BCUT2D eigenvalue weighted by Gasteiger charge is 2.23. The summed E-state index contributed by atoms with van der Waals surface area (Å²) in [4.78, 5) is 1.97. The van der Waals surface area contributed by atoms with Crippen molar-refractivity contribution in [2.75, 3.05) is 20.1 Å². The second-order valence-electron chi connectivity index (χ2n) is 2.73. The average Bonchev–Trinajstić information content (AvgIpc) is 1.80. The molecular weight excluding hydrogens is 119 g/mol. The van der Waals surface area contributed by atoms with E-state index in [4.69, 9.17) is 5.73 Å². The molecule has 1 heterocycles. The first-order chi connectivity index (χ1) is 4.20. The Morgan fingerprint density at radius 2 is 2.33 bits per heavy atom. The molecular formula is C6H13FN2. The van der Waals surface area contributed by atoms with Crippen LogP contribution in [0.15, 0.2) is 0 Å². The van der Waals surface area contributed by atoms with Crippen LogP contribution in [-0.2, 0) is 0 Å². The smallest absolute Gasteiger partial charge is 0.128 e. The minimum absolute atomic E-state index is 0.221. The summed E-state index contributed by atoms with van der Waals surface area (Å²) in [5, 5.41) is 0. The van der Waals surface area contributed by atoms with Crippen LogP contribution in [-0.4, -0.2) is 37.3 Å². The molecule has 0 spiro atoms. The first-order valence-corrected chi connectivity index (χ1v) is 3.28. The van der Waals surface area contributed by atoms with Crippen LogP contribution in [0.1, 0.15) is 6.42 Å². The first kappa shape index (κ1) is 6.96. The molecule has 9 heavy (non-hydrogen) atoms. The summed E-state index contributed by atoms with van der Waals surface area (Å²) in [6.07, 6.45) is -0.0266. The standard InChI is InChI=1S/C6H13FN2/c1-9-3-2-6(8)5(7)4-9/h5-6H,2-4,8H2,1H3/t5-,6+/m1/s1. The van der Waals surface area contributed by atoms with Gasteiger partial charge in [0.1, 0.15) is 6.17 Å². The van der Waals surface area contributed by atoms with Crippen molar-refractivity contribution >= 4 is 0 Å². The minimum atomic E-state index is -0.816. The van der Waals surface area contributed by atoms with Gasteiger partial charge in [0.15, 0.2) is 0 Å². The number of nitrogens with zero attached hydrogens (tertiary/aromatic N) is 1. The van der Waals surface area contributed by atoms with Crippen LogP contribution in [0.3, 0.4) is 0 Å². The zero-order valence-electron chi connectivity index (χ0n) is 5.68. The number of likely N-dealkylation sites (tertiary alicyclic amines) is 1. The topological polar surface area (TPSA) is 29.3 Å². The molecule has 0 saturated carbocycles. The molecule has 0 aromatic carbocycles. The van der Waals surface area contributed by atoms with Crippen LogP contribution < -0.4 is 5.73 Å². The fraction of sp³-hybridized carbons (Fsp3) is 1.00. The zero-order chi connectivity index (χ0) is 6.85. The van der Waals surface area contributed by atoms with Gasteiger partial charge in [-0.15, -0.1) is 0 Å². The molecule has 0 aliphatic carbocycles. The average molecular weight is 132 g/mol. The summed E-state index contributed by atoms with van der Waals surface area (Å²) in [6.45, 7) is 1.43. The third-order valence-corrected chi connectivity index (χ3v) is 1.79. The molecule has 2 atom stereocenters. The van der Waals surface area contributed by atoms with Crippen LogP contribution in [0.25, 0.3) is 0 Å². The van der Waals surface area contributed by atoms with E-state index in [1.54, 1.807) is 0 Å². The van der Waals surface area contributed by atoms with E-state index >= 15 is 0 Å². The van der Waals surface area contributed by atoms with Crippen molar-refractivity contribution < 1.29 is 4.39 Å². The van der Waals surface area contributed by atoms with E-state index in [0.29, 0.717) is 6.54 Å². The molecule has 1 rings (SSSR count). The molecule has 0 radical (unpaired) electrons. The molecule has 0 aromatic rings. The van der Waals surface area contributed by atoms with Crippen molar-refractivity contribution in [3.8, 4) is 0 Å². The quantitative estimate of drug-likeness (QED) is 0.502. The highest BCUT2D eigenvalue weighted by atomic mass is 19.1. The van der Waals surface area contributed by atoms with E-state index in [-0.39, 0.29) is 6.04 Å². The molecule has 1 aliphatic heterocycles. The summed E-state index contributed by atoms with van der Waals surface area (Å²) < 4.78 is 12.7. The number of halogens is 1. The van der Waals surface area contributed by atoms with Gasteiger partial charge < -0.3 is 10.6 Å². The summed E-state index contributed by atoms with van der Waals surface area (Å²) >= 11 is 0. The highest BCUT2D eigenvalue weighted by Crippen LogP contribution is 2.09. The molecule has 0 aromatic heterocycles. The molecule has 1 saturated heterocycles. The Morgan fingerprint density at radius 3 is 2.78 bits per heavy atom. The SMILES string of the molecule is CN1CC[C@H](N)[C@H](F)C1. The molecule has 0 bridgehead atoms. The van der Waals surface area contributed by atoms with Crippen LogP contribution in [0.2, 0.25) is 0 Å². The Balaban J connectivity index is 2.35. The van der Waals surface area contributed by atoms with Gasteiger partial charge in [-0.1, -0.05) is 0 Å². The van der Waals surface area contributed by atoms with Gasteiger partial charge >= 0.3 is 0 Å². The minimum Gasteiger partial charge on any atom is -0.325 e. The third kappa shape index (κ3) is 1.63. The summed E-state index contributed by atoms with van der Waals surface area (Å²) in [5.41, 5.74) is 5.44. The van der Waals surface area contributed by atoms with Gasteiger partial charge in [0.25, 0.3) is 0 Å². The van der Waals surface area contributed by atoms with E-state index in [9.17, 15) is 4.39 Å². The van der Waals surface area contributed by atoms with Gasteiger partial charge in [-0.2, -0.15) is 0 Å². The van der Waals surface area contributed by atoms with Crippen LogP contribution >= 0.6 is 0 Å². The number of nitrogens with two attached hydrogens (primary N) is 1. The van der Waals surface area contributed by atoms with E-state index in [2.05, 4.69) is 0 Å². The van der Waals surface area contributed by atoms with Gasteiger partial charge in [-0.05, 0) is 20.0 Å². The lowest BCUT2D eigenvalue weighted by Crippen LogP contribution is -2.46. The Labute approximate surface area is 54.8 Å². The predicted octanol–water partition coefficient (Wildman–Crippen LogP) is -0.0127. The maximum absolute atomic E-state index is 12.7. The fourth-order valence-electron chi connectivity index (χ4n) is 1.07. The molecule has 3 heteroatoms. The monoisotopic (exact) mass is 132 g/mol. The number of rotatable bonds is 0. The number of hydrogen-bond acceptors (Lipinski definition) is 2. The van der Waals surface area contributed by atoms with E-state index in [1.165, 1.54) is 0 Å². The Bertz CT molecular complexity index is 97.1. The van der Waals surface area contributed by atoms with E-state index in [1.807, 2.05) is 11.9 Å². The molecule has 54 valence electrons. The second-order valence-corrected chi connectivity index (χ2v) is 2.73. The molecule has 1 fully saturated rings. The summed E-state index contributed by atoms with van der Waals surface area (Å²) in [7, 11) is 1.92. The highest BCUT2D eigenvalue weighted by molar-refractivity contribution is 4.80. The first-order valence-electron chi connectivity index (χ1n) is 3.28. The van der Waals surface area contributed by atoms with Crippen molar-refractivity contribution in [2.45, 2.75) is 18.6 Å². The maximum Gasteiger partial charge on any atom is 0.128 e. The van der Waals surface area contributed by atoms with Crippen molar-refractivity contribution in [3.05, 3.63) is 0 Å². The molecule has 0 amide bonds. The Hall–Kier alpha value is -0.150. The second kappa shape index (κ2) is 2.62. The molecule has 2 N–H and O–H groups in total. The van der Waals surface area contributed by atoms with Crippen molar-refractivity contribution in [1.82, 2.24) is 4.90 Å². The lowest BCUT2D eigenvalue weighted by atomic mass is 10.1. The predicted molar refractivity (Wildman–Crippen MR) is 35.0 cm³/mol. The Kier molecular flexibility index (Phi) is 2.03. The lowest BCUT2D eigenvalue weighted by molar-refractivity contribution is 0.141. The summed E-state index contributed by atoms with van der Waals surface area (Å²) in [5.74, 6) is 0. The number of piperidine rings is 1. The van der Waals surface area contributed by atoms with Crippen LogP contribution in [0, 0.1) is 0 Å². The third-order valence-electron chi connectivity index (χ3n) is 1.79. The molecule has 2 nitrogen and oxygen atoms in total. The van der Waals surface area contributed by atoms with Gasteiger partial charge in [0, 0.05) is 12.6 Å². The Morgan fingerprint density at radius 1 is 1.67 bits per heavy atom. The lowest BCUT2D eigenvalue weighted by Gasteiger charge is -2.29. The zero-order valence-corrected chi connectivity index (χ0v) is 5.68. The van der Waals surface area contributed by atoms with Gasteiger partial charge in [-0.3, -0.25) is 0 Å². The maximum atomic E-state index is 12.7.